The second kappa shape index (κ2) is 3.66. The van der Waals surface area contributed by atoms with E-state index in [-0.39, 0.29) is 5.95 Å². The molecule has 0 aliphatic heterocycles. The van der Waals surface area contributed by atoms with E-state index in [0.29, 0.717) is 0 Å². The second-order valence-corrected chi connectivity index (χ2v) is 2.20. The number of methoxy groups -OCH3 is 1. The van der Waals surface area contributed by atoms with Crippen molar-refractivity contribution < 1.29 is 9.53 Å². The van der Waals surface area contributed by atoms with Crippen LogP contribution in [0, 0.1) is 6.92 Å². The van der Waals surface area contributed by atoms with Crippen molar-refractivity contribution in [1.82, 2.24) is 9.97 Å². The predicted octanol–water partition coefficient (Wildman–Crippen LogP) is 0.963. The molecule has 1 aromatic heterocycles. The number of hydrogen-bond acceptors (Lipinski definition) is 4. The lowest BCUT2D eigenvalue weighted by Gasteiger charge is -2.00. The summed E-state index contributed by atoms with van der Waals surface area (Å²) in [6, 6.07) is 0. The van der Waals surface area contributed by atoms with Gasteiger partial charge in [0.25, 0.3) is 0 Å². The van der Waals surface area contributed by atoms with E-state index in [9.17, 15) is 4.79 Å². The number of hydrogen-bond donors (Lipinski definition) is 1. The number of nitrogens with zero attached hydrogens (tertiary/aromatic N) is 2. The maximum Gasteiger partial charge on any atom is 0.413 e. The minimum atomic E-state index is -0.571. The highest BCUT2D eigenvalue weighted by atomic mass is 16.5. The maximum absolute atomic E-state index is 10.7. The normalized spacial score (nSPS) is 9.17. The van der Waals surface area contributed by atoms with Gasteiger partial charge in [0.2, 0.25) is 5.95 Å². The molecule has 1 N–H and O–H groups in total. The molecule has 0 aromatic carbocycles. The van der Waals surface area contributed by atoms with Crippen LogP contribution in [0.4, 0.5) is 10.7 Å². The third-order valence-electron chi connectivity index (χ3n) is 1.18. The minimum Gasteiger partial charge on any atom is -0.453 e. The third-order valence-corrected chi connectivity index (χ3v) is 1.18. The summed E-state index contributed by atoms with van der Waals surface area (Å²) >= 11 is 0. The Labute approximate surface area is 69.8 Å². The predicted molar refractivity (Wildman–Crippen MR) is 42.8 cm³/mol. The number of amides is 1. The van der Waals surface area contributed by atoms with Gasteiger partial charge < -0.3 is 4.74 Å². The van der Waals surface area contributed by atoms with Crippen LogP contribution >= 0.6 is 0 Å². The molecular weight excluding hydrogens is 158 g/mol. The summed E-state index contributed by atoms with van der Waals surface area (Å²) in [6.07, 6.45) is 2.65. The first kappa shape index (κ1) is 8.45. The summed E-state index contributed by atoms with van der Waals surface area (Å²) in [5.41, 5.74) is 0.936. The lowest BCUT2D eigenvalue weighted by atomic mass is 10.4. The molecule has 0 unspecified atom stereocenters. The molecule has 1 aromatic rings. The van der Waals surface area contributed by atoms with Crippen molar-refractivity contribution in [2.45, 2.75) is 6.92 Å². The van der Waals surface area contributed by atoms with Crippen LogP contribution in [0.1, 0.15) is 5.56 Å². The molecule has 0 fully saturated rings. The van der Waals surface area contributed by atoms with Crippen molar-refractivity contribution in [3.63, 3.8) is 0 Å². The Balaban J connectivity index is 2.64. The first-order valence-corrected chi connectivity index (χ1v) is 3.36. The molecule has 1 heterocycles. The Morgan fingerprint density at radius 2 is 2.08 bits per heavy atom. The third kappa shape index (κ3) is 2.19. The number of carbonyl (C=O) groups excluding carboxylic acids is 1. The summed E-state index contributed by atoms with van der Waals surface area (Å²) < 4.78 is 4.35. The fourth-order valence-electron chi connectivity index (χ4n) is 0.599. The molecule has 5 heteroatoms. The number of anilines is 1. The second-order valence-electron chi connectivity index (χ2n) is 2.20. The molecule has 1 amide bonds. The van der Waals surface area contributed by atoms with Gasteiger partial charge in [-0.15, -0.1) is 0 Å². The average Bonchev–Trinajstić information content (AvgIpc) is 2.09. The molecule has 0 radical (unpaired) electrons. The van der Waals surface area contributed by atoms with Crippen LogP contribution in [0.2, 0.25) is 0 Å². The zero-order valence-corrected chi connectivity index (χ0v) is 6.87. The number of ether oxygens (including phenoxy) is 1. The van der Waals surface area contributed by atoms with Crippen LogP contribution in [0.25, 0.3) is 0 Å². The first-order chi connectivity index (χ1) is 5.72. The van der Waals surface area contributed by atoms with E-state index < -0.39 is 6.09 Å². The summed E-state index contributed by atoms with van der Waals surface area (Å²) in [5.74, 6) is 0.243. The van der Waals surface area contributed by atoms with Gasteiger partial charge in [-0.3, -0.25) is 5.32 Å². The standard InChI is InChI=1S/C7H9N3O2/c1-5-3-8-6(9-4-5)10-7(11)12-2/h3-4H,1-2H3,(H,8,9,10,11). The summed E-state index contributed by atoms with van der Waals surface area (Å²) in [6.45, 7) is 1.86. The van der Waals surface area contributed by atoms with Crippen molar-refractivity contribution in [1.29, 1.82) is 0 Å². The molecule has 0 aliphatic carbocycles. The summed E-state index contributed by atoms with van der Waals surface area (Å²) in [4.78, 5) is 18.3. The zero-order chi connectivity index (χ0) is 8.97. The number of nitrogens with one attached hydrogen (secondary N) is 1. The van der Waals surface area contributed by atoms with Crippen LogP contribution in [-0.2, 0) is 4.74 Å². The quantitative estimate of drug-likeness (QED) is 0.676. The Morgan fingerprint density at radius 3 is 2.58 bits per heavy atom. The summed E-state index contributed by atoms with van der Waals surface area (Å²) in [7, 11) is 1.28. The van der Waals surface area contributed by atoms with E-state index in [1.54, 1.807) is 12.4 Å². The molecule has 1 rings (SSSR count). The van der Waals surface area contributed by atoms with Gasteiger partial charge in [-0.2, -0.15) is 0 Å². The Hall–Kier alpha value is -1.65. The van der Waals surface area contributed by atoms with Gasteiger partial charge in [0.1, 0.15) is 0 Å². The first-order valence-electron chi connectivity index (χ1n) is 3.36. The SMILES string of the molecule is COC(=O)Nc1ncc(C)cn1. The van der Waals surface area contributed by atoms with Crippen LogP contribution in [0.15, 0.2) is 12.4 Å². The van der Waals surface area contributed by atoms with Crippen LogP contribution < -0.4 is 5.32 Å². The average molecular weight is 167 g/mol. The largest absolute Gasteiger partial charge is 0.453 e. The fraction of sp³-hybridized carbons (Fsp3) is 0.286. The molecule has 64 valence electrons. The van der Waals surface area contributed by atoms with Crippen molar-refractivity contribution in [3.8, 4) is 0 Å². The van der Waals surface area contributed by atoms with Crippen LogP contribution in [0.3, 0.4) is 0 Å². The van der Waals surface area contributed by atoms with E-state index >= 15 is 0 Å². The molecule has 0 spiro atoms. The lowest BCUT2D eigenvalue weighted by molar-refractivity contribution is 0.186. The number of aromatic nitrogens is 2. The number of carbonyl (C=O) groups is 1. The molecule has 12 heavy (non-hydrogen) atoms. The van der Waals surface area contributed by atoms with Gasteiger partial charge in [-0.1, -0.05) is 0 Å². The van der Waals surface area contributed by atoms with E-state index in [2.05, 4.69) is 20.0 Å². The molecule has 0 saturated carbocycles. The van der Waals surface area contributed by atoms with E-state index in [1.165, 1.54) is 7.11 Å². The molecule has 0 aliphatic rings. The van der Waals surface area contributed by atoms with Crippen molar-refractivity contribution in [3.05, 3.63) is 18.0 Å². The Morgan fingerprint density at radius 1 is 1.50 bits per heavy atom. The topological polar surface area (TPSA) is 64.1 Å². The van der Waals surface area contributed by atoms with Gasteiger partial charge >= 0.3 is 6.09 Å². The Kier molecular flexibility index (Phi) is 2.57. The van der Waals surface area contributed by atoms with Crippen LogP contribution in [-0.4, -0.2) is 23.2 Å². The molecule has 0 saturated heterocycles. The molecule has 5 nitrogen and oxygen atoms in total. The van der Waals surface area contributed by atoms with Gasteiger partial charge in [0, 0.05) is 12.4 Å². The smallest absolute Gasteiger partial charge is 0.413 e. The van der Waals surface area contributed by atoms with Crippen molar-refractivity contribution in [2.24, 2.45) is 0 Å². The highest BCUT2D eigenvalue weighted by Gasteiger charge is 2.00. The lowest BCUT2D eigenvalue weighted by Crippen LogP contribution is -2.13. The zero-order valence-electron chi connectivity index (χ0n) is 6.87. The molecule has 0 bridgehead atoms. The van der Waals surface area contributed by atoms with Gasteiger partial charge in [-0.05, 0) is 12.5 Å². The number of aryl methyl sites for hydroxylation is 1. The van der Waals surface area contributed by atoms with Gasteiger partial charge in [0.05, 0.1) is 7.11 Å². The molecular formula is C7H9N3O2. The highest BCUT2D eigenvalue weighted by Crippen LogP contribution is 1.98. The molecule has 0 atom stereocenters. The van der Waals surface area contributed by atoms with Gasteiger partial charge in [0.15, 0.2) is 0 Å². The van der Waals surface area contributed by atoms with Crippen molar-refractivity contribution >= 4 is 12.0 Å². The minimum absolute atomic E-state index is 0.243. The highest BCUT2D eigenvalue weighted by molar-refractivity contribution is 5.81. The van der Waals surface area contributed by atoms with E-state index in [0.717, 1.165) is 5.56 Å². The van der Waals surface area contributed by atoms with Crippen molar-refractivity contribution in [2.75, 3.05) is 12.4 Å². The number of rotatable bonds is 1. The Bertz CT molecular complexity index is 270. The fourth-order valence-corrected chi connectivity index (χ4v) is 0.599. The monoisotopic (exact) mass is 167 g/mol. The van der Waals surface area contributed by atoms with E-state index in [1.807, 2.05) is 6.92 Å². The van der Waals surface area contributed by atoms with Crippen LogP contribution in [0.5, 0.6) is 0 Å². The maximum atomic E-state index is 10.7. The summed E-state index contributed by atoms with van der Waals surface area (Å²) in [5, 5.41) is 2.34. The van der Waals surface area contributed by atoms with E-state index in [4.69, 9.17) is 0 Å². The van der Waals surface area contributed by atoms with Gasteiger partial charge in [-0.25, -0.2) is 14.8 Å².